The lowest BCUT2D eigenvalue weighted by Gasteiger charge is -2.48. The summed E-state index contributed by atoms with van der Waals surface area (Å²) in [6, 6.07) is 6.88. The Kier molecular flexibility index (Phi) is 11.3. The zero-order valence-corrected chi connectivity index (χ0v) is 29.6. The lowest BCUT2D eigenvalue weighted by molar-refractivity contribution is -0.137. The Morgan fingerprint density at radius 1 is 0.957 bits per heavy atom. The summed E-state index contributed by atoms with van der Waals surface area (Å²) in [6.45, 7) is 2.14. The number of amides is 2. The number of sulfonamides is 2. The summed E-state index contributed by atoms with van der Waals surface area (Å²) in [4.78, 5) is 33.4. The molecule has 12 nitrogen and oxygen atoms in total. The number of aromatic nitrogens is 3. The third-order valence-corrected chi connectivity index (χ3v) is 13.9. The quantitative estimate of drug-likeness (QED) is 0.369. The molecular weight excluding hydrogens is 664 g/mol. The fourth-order valence-electron chi connectivity index (χ4n) is 8.03. The minimum absolute atomic E-state index is 0.0257. The van der Waals surface area contributed by atoms with Crippen molar-refractivity contribution in [1.29, 1.82) is 0 Å². The van der Waals surface area contributed by atoms with Gasteiger partial charge in [0.05, 0.1) is 18.6 Å². The lowest BCUT2D eigenvalue weighted by atomic mass is 9.63. The van der Waals surface area contributed by atoms with Crippen LogP contribution in [0.1, 0.15) is 76.2 Å². The number of likely N-dealkylation sites (tertiary alicyclic amines) is 1. The summed E-state index contributed by atoms with van der Waals surface area (Å²) in [5.74, 6) is -1.01. The molecule has 1 atom stereocenters. The number of nitrogens with one attached hydrogen (secondary N) is 1. The molecule has 0 bridgehead atoms. The van der Waals surface area contributed by atoms with Crippen LogP contribution in [0.2, 0.25) is 5.02 Å². The Morgan fingerprint density at radius 2 is 1.57 bits per heavy atom. The van der Waals surface area contributed by atoms with Gasteiger partial charge in [-0.2, -0.15) is 5.10 Å². The first-order valence-corrected chi connectivity index (χ1v) is 20.7. The fourth-order valence-corrected chi connectivity index (χ4v) is 11.1. The summed E-state index contributed by atoms with van der Waals surface area (Å²) in [6.07, 6.45) is 14.9. The molecule has 2 aliphatic carbocycles. The van der Waals surface area contributed by atoms with Crippen LogP contribution in [0, 0.1) is 17.3 Å². The maximum atomic E-state index is 14.2. The van der Waals surface area contributed by atoms with Gasteiger partial charge in [-0.3, -0.25) is 14.3 Å². The van der Waals surface area contributed by atoms with Crippen molar-refractivity contribution in [2.45, 2.75) is 95.7 Å². The van der Waals surface area contributed by atoms with E-state index in [1.165, 1.54) is 32.1 Å². The predicted molar refractivity (Wildman–Crippen MR) is 179 cm³/mol. The Morgan fingerprint density at radius 3 is 2.13 bits per heavy atom. The van der Waals surface area contributed by atoms with E-state index in [4.69, 9.17) is 11.6 Å². The third-order valence-electron chi connectivity index (χ3n) is 10.4. The lowest BCUT2D eigenvalue weighted by Crippen LogP contribution is -2.55. The van der Waals surface area contributed by atoms with Gasteiger partial charge in [0.15, 0.2) is 0 Å². The van der Waals surface area contributed by atoms with Crippen LogP contribution < -0.4 is 5.32 Å². The van der Waals surface area contributed by atoms with Crippen molar-refractivity contribution in [2.75, 3.05) is 25.6 Å². The van der Waals surface area contributed by atoms with Crippen molar-refractivity contribution in [3.8, 4) is 0 Å². The molecule has 1 aromatic heterocycles. The molecule has 3 fully saturated rings. The second-order valence-electron chi connectivity index (χ2n) is 13.8. The van der Waals surface area contributed by atoms with Gasteiger partial charge in [-0.1, -0.05) is 43.0 Å². The summed E-state index contributed by atoms with van der Waals surface area (Å²) < 4.78 is 50.6. The van der Waals surface area contributed by atoms with E-state index in [1.54, 1.807) is 12.7 Å². The molecule has 5 rings (SSSR count). The molecule has 1 N–H and O–H groups in total. The van der Waals surface area contributed by atoms with Gasteiger partial charge in [0.25, 0.3) is 5.91 Å². The summed E-state index contributed by atoms with van der Waals surface area (Å²) in [7, 11) is -8.57. The van der Waals surface area contributed by atoms with E-state index in [0.29, 0.717) is 56.1 Å². The first-order chi connectivity index (χ1) is 22.2. The molecule has 15 heteroatoms. The van der Waals surface area contributed by atoms with Gasteiger partial charge in [-0.05, 0) is 86.8 Å². The zero-order valence-electron chi connectivity index (χ0n) is 27.3. The summed E-state index contributed by atoms with van der Waals surface area (Å²) in [5.41, 5.74) is 1.04. The summed E-state index contributed by atoms with van der Waals surface area (Å²) in [5, 5.41) is 8.62. The van der Waals surface area contributed by atoms with Gasteiger partial charge in [-0.25, -0.2) is 21.8 Å². The van der Waals surface area contributed by atoms with Crippen LogP contribution >= 0.6 is 11.6 Å². The van der Waals surface area contributed by atoms with Gasteiger partial charge in [-0.15, -0.1) is 3.71 Å². The number of hydrogen-bond donors (Lipinski definition) is 1. The third kappa shape index (κ3) is 8.93. The van der Waals surface area contributed by atoms with Crippen LogP contribution in [-0.4, -0.2) is 89.7 Å². The van der Waals surface area contributed by atoms with Crippen molar-refractivity contribution < 1.29 is 26.4 Å². The molecule has 1 saturated heterocycles. The molecule has 0 unspecified atom stereocenters. The van der Waals surface area contributed by atoms with Crippen LogP contribution in [0.3, 0.4) is 0 Å². The second-order valence-corrected chi connectivity index (χ2v) is 18.1. The molecule has 2 amide bonds. The standard InChI is InChI=1S/C32H47ClN6O6S2/c1-46(42,43)39(47(2,44)45)30(40)25-10-14-28(15-11-25)36-29(20-24-8-12-27(33)13-9-24)31(41)37-18-16-32(17-19-37,21-38-23-34-22-35-38)26-6-4-3-5-7-26/h8-9,12-13,22-23,25-26,28-29,36H,3-7,10-11,14-21H2,1-2H3/t25?,28?,29-/m1/s1. The van der Waals surface area contributed by atoms with E-state index in [9.17, 15) is 26.4 Å². The fraction of sp³-hybridized carbons (Fsp3) is 0.688. The highest BCUT2D eigenvalue weighted by Gasteiger charge is 2.44. The average Bonchev–Trinajstić information content (AvgIpc) is 3.54. The first-order valence-electron chi connectivity index (χ1n) is 16.6. The second kappa shape index (κ2) is 14.9. The molecule has 2 aromatic rings. The van der Waals surface area contributed by atoms with Crippen molar-refractivity contribution in [2.24, 2.45) is 17.3 Å². The van der Waals surface area contributed by atoms with Crippen LogP contribution in [0.15, 0.2) is 36.9 Å². The van der Waals surface area contributed by atoms with Crippen molar-refractivity contribution in [3.63, 3.8) is 0 Å². The Bertz CT molecular complexity index is 1550. The van der Waals surface area contributed by atoms with Crippen LogP contribution in [0.5, 0.6) is 0 Å². The monoisotopic (exact) mass is 710 g/mol. The smallest absolute Gasteiger partial charge is 0.253 e. The number of benzene rings is 1. The number of piperidine rings is 1. The number of nitrogens with zero attached hydrogens (tertiary/aromatic N) is 5. The Hall–Kier alpha value is -2.55. The number of halogens is 1. The van der Waals surface area contributed by atoms with Crippen molar-refractivity contribution in [1.82, 2.24) is 28.7 Å². The van der Waals surface area contributed by atoms with E-state index in [2.05, 4.69) is 15.4 Å². The highest BCUT2D eigenvalue weighted by atomic mass is 35.5. The van der Waals surface area contributed by atoms with Gasteiger partial charge >= 0.3 is 0 Å². The van der Waals surface area contributed by atoms with E-state index in [0.717, 1.165) is 37.5 Å². The minimum atomic E-state index is -4.28. The first kappa shape index (κ1) is 35.7. The topological polar surface area (TPSA) is 152 Å². The zero-order chi connectivity index (χ0) is 33.8. The van der Waals surface area contributed by atoms with E-state index in [-0.39, 0.29) is 21.1 Å². The van der Waals surface area contributed by atoms with E-state index < -0.39 is 37.9 Å². The number of carbonyl (C=O) groups is 2. The van der Waals surface area contributed by atoms with E-state index >= 15 is 0 Å². The molecule has 0 spiro atoms. The Balaban J connectivity index is 1.27. The molecule has 2 heterocycles. The number of carbonyl (C=O) groups excluding carboxylic acids is 2. The van der Waals surface area contributed by atoms with E-state index in [1.807, 2.05) is 33.8 Å². The molecule has 2 saturated carbocycles. The molecule has 0 radical (unpaired) electrons. The molecule has 1 aromatic carbocycles. The van der Waals surface area contributed by atoms with Gasteiger partial charge < -0.3 is 10.2 Å². The van der Waals surface area contributed by atoms with Gasteiger partial charge in [0.2, 0.25) is 26.0 Å². The average molecular weight is 711 g/mol. The highest BCUT2D eigenvalue weighted by Crippen LogP contribution is 2.47. The van der Waals surface area contributed by atoms with Crippen LogP contribution in [0.4, 0.5) is 0 Å². The molecular formula is C32H47ClN6O6S2. The molecule has 47 heavy (non-hydrogen) atoms. The van der Waals surface area contributed by atoms with Crippen LogP contribution in [-0.2, 0) is 42.6 Å². The molecule has 1 aliphatic heterocycles. The SMILES string of the molecule is CS(=O)(=O)N(C(=O)C1CCC(N[C@H](Cc2ccc(Cl)cc2)C(=O)N2CCC(Cn3cncn3)(C3CCCCC3)CC2)CC1)S(C)(=O)=O. The predicted octanol–water partition coefficient (Wildman–Crippen LogP) is 3.63. The molecule has 3 aliphatic rings. The minimum Gasteiger partial charge on any atom is -0.341 e. The van der Waals surface area contributed by atoms with Gasteiger partial charge in [0, 0.05) is 36.6 Å². The highest BCUT2D eigenvalue weighted by molar-refractivity contribution is 8.04. The summed E-state index contributed by atoms with van der Waals surface area (Å²) >= 11 is 6.14. The Labute approximate surface area is 283 Å². The van der Waals surface area contributed by atoms with Gasteiger partial charge in [0.1, 0.15) is 12.7 Å². The normalized spacial score (nSPS) is 23.3. The largest absolute Gasteiger partial charge is 0.341 e. The maximum Gasteiger partial charge on any atom is 0.253 e. The number of hydrogen-bond acceptors (Lipinski definition) is 9. The molecule has 260 valence electrons. The van der Waals surface area contributed by atoms with Crippen molar-refractivity contribution >= 4 is 43.5 Å². The maximum absolute atomic E-state index is 14.2. The number of rotatable bonds is 11. The van der Waals surface area contributed by atoms with Crippen LogP contribution in [0.25, 0.3) is 0 Å². The van der Waals surface area contributed by atoms with Crippen molar-refractivity contribution in [3.05, 3.63) is 47.5 Å².